The zero-order chi connectivity index (χ0) is 17.5. The fourth-order valence-electron chi connectivity index (χ4n) is 2.68. The van der Waals surface area contributed by atoms with Gasteiger partial charge in [-0.05, 0) is 6.07 Å². The first-order chi connectivity index (χ1) is 11.3. The normalized spacial score (nSPS) is 15.3. The van der Waals surface area contributed by atoms with Crippen LogP contribution in [0.2, 0.25) is 0 Å². The molecule has 0 amide bonds. The quantitative estimate of drug-likeness (QED) is 0.831. The number of nitrogens with zero attached hydrogens (tertiary/aromatic N) is 2. The third-order valence-electron chi connectivity index (χ3n) is 3.90. The van der Waals surface area contributed by atoms with Crippen LogP contribution in [0, 0.1) is 11.6 Å². The van der Waals surface area contributed by atoms with Crippen LogP contribution < -0.4 is 5.56 Å². The molecule has 1 aromatic heterocycles. The largest absolute Gasteiger partial charge is 0.297 e. The van der Waals surface area contributed by atoms with E-state index in [1.54, 1.807) is 4.90 Å². The van der Waals surface area contributed by atoms with Gasteiger partial charge in [-0.15, -0.1) is 0 Å². The summed E-state index contributed by atoms with van der Waals surface area (Å²) < 4.78 is 50.1. The van der Waals surface area contributed by atoms with Gasteiger partial charge in [-0.3, -0.25) is 14.7 Å². The number of fused-ring (bicyclic) bond motifs is 1. The Morgan fingerprint density at radius 3 is 2.79 bits per heavy atom. The number of rotatable bonds is 3. The summed E-state index contributed by atoms with van der Waals surface area (Å²) in [6.07, 6.45) is 1.33. The van der Waals surface area contributed by atoms with Gasteiger partial charge < -0.3 is 0 Å². The average Bonchev–Trinajstić information content (AvgIpc) is 2.51. The predicted octanol–water partition coefficient (Wildman–Crippen LogP) is 1.01. The second kappa shape index (κ2) is 6.06. The standard InChI is InChI=1S/C15H15F2N3O3S/c1-24(22,23)15-18-12-5-6-20(8-10(12)14(21)19-15)7-9-3-2-4-11(16)13(9)17/h2-4H,5-8H2,1H3,(H,18,19,21). The molecule has 1 aromatic carbocycles. The Bertz CT molecular complexity index is 957. The smallest absolute Gasteiger partial charge is 0.256 e. The van der Waals surface area contributed by atoms with Gasteiger partial charge in [-0.25, -0.2) is 22.2 Å². The lowest BCUT2D eigenvalue weighted by Gasteiger charge is -2.27. The Morgan fingerprint density at radius 1 is 1.33 bits per heavy atom. The minimum Gasteiger partial charge on any atom is -0.297 e. The van der Waals surface area contributed by atoms with Crippen molar-refractivity contribution < 1.29 is 17.2 Å². The molecule has 0 aliphatic carbocycles. The van der Waals surface area contributed by atoms with Gasteiger partial charge in [0.25, 0.3) is 5.56 Å². The molecule has 24 heavy (non-hydrogen) atoms. The molecule has 2 heterocycles. The van der Waals surface area contributed by atoms with Crippen molar-refractivity contribution in [3.63, 3.8) is 0 Å². The molecule has 0 saturated heterocycles. The van der Waals surface area contributed by atoms with Crippen LogP contribution >= 0.6 is 0 Å². The van der Waals surface area contributed by atoms with Crippen molar-refractivity contribution in [1.29, 1.82) is 0 Å². The summed E-state index contributed by atoms with van der Waals surface area (Å²) in [6, 6.07) is 3.97. The molecule has 2 aromatic rings. The fourth-order valence-corrected chi connectivity index (χ4v) is 3.23. The first-order valence-corrected chi connectivity index (χ1v) is 9.12. The lowest BCUT2D eigenvalue weighted by atomic mass is 10.1. The van der Waals surface area contributed by atoms with Crippen molar-refractivity contribution in [2.45, 2.75) is 24.7 Å². The summed E-state index contributed by atoms with van der Waals surface area (Å²) in [5, 5.41) is -0.351. The molecule has 6 nitrogen and oxygen atoms in total. The molecule has 1 aliphatic heterocycles. The highest BCUT2D eigenvalue weighted by molar-refractivity contribution is 7.90. The van der Waals surface area contributed by atoms with Crippen molar-refractivity contribution in [3.05, 3.63) is 57.0 Å². The molecular weight excluding hydrogens is 340 g/mol. The molecule has 0 saturated carbocycles. The Hall–Kier alpha value is -2.13. The van der Waals surface area contributed by atoms with Crippen LogP contribution in [-0.2, 0) is 29.3 Å². The Morgan fingerprint density at radius 2 is 2.08 bits per heavy atom. The molecule has 128 valence electrons. The van der Waals surface area contributed by atoms with E-state index in [-0.39, 0.29) is 23.8 Å². The van der Waals surface area contributed by atoms with E-state index >= 15 is 0 Å². The maximum Gasteiger partial charge on any atom is 0.256 e. The molecule has 3 rings (SSSR count). The third kappa shape index (κ3) is 3.22. The van der Waals surface area contributed by atoms with Crippen LogP contribution in [-0.4, -0.2) is 36.1 Å². The van der Waals surface area contributed by atoms with E-state index in [0.717, 1.165) is 12.3 Å². The number of hydrogen-bond acceptors (Lipinski definition) is 5. The summed E-state index contributed by atoms with van der Waals surface area (Å²) in [6.45, 7) is 0.802. The van der Waals surface area contributed by atoms with Crippen molar-refractivity contribution in [3.8, 4) is 0 Å². The molecule has 0 atom stereocenters. The van der Waals surface area contributed by atoms with Gasteiger partial charge in [0.15, 0.2) is 11.6 Å². The summed E-state index contributed by atoms with van der Waals surface area (Å²) in [7, 11) is -3.60. The van der Waals surface area contributed by atoms with E-state index in [0.29, 0.717) is 24.2 Å². The van der Waals surface area contributed by atoms with Crippen LogP contribution in [0.15, 0.2) is 28.2 Å². The number of H-pyrrole nitrogens is 1. The second-order valence-corrected chi connectivity index (χ2v) is 7.67. The monoisotopic (exact) mass is 355 g/mol. The van der Waals surface area contributed by atoms with E-state index in [1.807, 2.05) is 0 Å². The van der Waals surface area contributed by atoms with Gasteiger partial charge >= 0.3 is 0 Å². The molecule has 1 N–H and O–H groups in total. The van der Waals surface area contributed by atoms with Crippen LogP contribution in [0.5, 0.6) is 0 Å². The lowest BCUT2D eigenvalue weighted by molar-refractivity contribution is 0.236. The molecule has 0 fully saturated rings. The predicted molar refractivity (Wildman–Crippen MR) is 82.1 cm³/mol. The van der Waals surface area contributed by atoms with Crippen molar-refractivity contribution in [2.75, 3.05) is 12.8 Å². The topological polar surface area (TPSA) is 83.1 Å². The fraction of sp³-hybridized carbons (Fsp3) is 0.333. The minimum atomic E-state index is -3.60. The molecule has 1 aliphatic rings. The number of sulfone groups is 1. The highest BCUT2D eigenvalue weighted by atomic mass is 32.2. The number of nitrogens with one attached hydrogen (secondary N) is 1. The van der Waals surface area contributed by atoms with Crippen LogP contribution in [0.3, 0.4) is 0 Å². The van der Waals surface area contributed by atoms with E-state index in [4.69, 9.17) is 0 Å². The number of hydrogen-bond donors (Lipinski definition) is 1. The molecular formula is C15H15F2N3O3S. The molecule has 9 heteroatoms. The highest BCUT2D eigenvalue weighted by Crippen LogP contribution is 2.19. The first kappa shape index (κ1) is 16.7. The summed E-state index contributed by atoms with van der Waals surface area (Å²) in [5.41, 5.74) is 0.459. The van der Waals surface area contributed by atoms with E-state index in [9.17, 15) is 22.0 Å². The van der Waals surface area contributed by atoms with Gasteiger partial charge in [0.1, 0.15) is 0 Å². The number of benzene rings is 1. The molecule has 0 spiro atoms. The van der Waals surface area contributed by atoms with E-state index < -0.39 is 27.0 Å². The van der Waals surface area contributed by atoms with Gasteiger partial charge in [-0.1, -0.05) is 12.1 Å². The zero-order valence-electron chi connectivity index (χ0n) is 12.8. The van der Waals surface area contributed by atoms with Crippen LogP contribution in [0.4, 0.5) is 8.78 Å². The minimum absolute atomic E-state index is 0.149. The number of halogens is 2. The molecule has 0 radical (unpaired) electrons. The van der Waals surface area contributed by atoms with Crippen molar-refractivity contribution in [1.82, 2.24) is 14.9 Å². The van der Waals surface area contributed by atoms with Gasteiger partial charge in [-0.2, -0.15) is 0 Å². The SMILES string of the molecule is CS(=O)(=O)c1nc2c(c(=O)[nH]1)CN(Cc1cccc(F)c1F)CC2. The lowest BCUT2D eigenvalue weighted by Crippen LogP contribution is -2.36. The third-order valence-corrected chi connectivity index (χ3v) is 4.80. The summed E-state index contributed by atoms with van der Waals surface area (Å²) in [4.78, 5) is 20.2. The summed E-state index contributed by atoms with van der Waals surface area (Å²) >= 11 is 0. The number of aromatic nitrogens is 2. The molecule has 0 unspecified atom stereocenters. The maximum absolute atomic E-state index is 13.8. The van der Waals surface area contributed by atoms with E-state index in [2.05, 4.69) is 9.97 Å². The van der Waals surface area contributed by atoms with Crippen molar-refractivity contribution in [2.24, 2.45) is 0 Å². The van der Waals surface area contributed by atoms with Crippen molar-refractivity contribution >= 4 is 9.84 Å². The van der Waals surface area contributed by atoms with Crippen LogP contribution in [0.25, 0.3) is 0 Å². The number of aromatic amines is 1. The second-order valence-electron chi connectivity index (χ2n) is 5.74. The highest BCUT2D eigenvalue weighted by Gasteiger charge is 2.24. The van der Waals surface area contributed by atoms with Gasteiger partial charge in [0.05, 0.1) is 11.3 Å². The Balaban J connectivity index is 1.87. The van der Waals surface area contributed by atoms with E-state index in [1.165, 1.54) is 12.1 Å². The zero-order valence-corrected chi connectivity index (χ0v) is 13.7. The van der Waals surface area contributed by atoms with Gasteiger partial charge in [0.2, 0.25) is 15.0 Å². The Labute approximate surface area is 137 Å². The summed E-state index contributed by atoms with van der Waals surface area (Å²) in [5.74, 6) is -1.81. The van der Waals surface area contributed by atoms with Gasteiger partial charge in [0, 0.05) is 37.9 Å². The first-order valence-electron chi connectivity index (χ1n) is 7.23. The maximum atomic E-state index is 13.8. The van der Waals surface area contributed by atoms with Crippen LogP contribution in [0.1, 0.15) is 16.8 Å². The average molecular weight is 355 g/mol. The molecule has 0 bridgehead atoms. The Kier molecular flexibility index (Phi) is 4.22.